The minimum Gasteiger partial charge on any atom is -0.394 e. The molecule has 0 bridgehead atoms. The van der Waals surface area contributed by atoms with Crippen molar-refractivity contribution >= 4 is 24.0 Å². The minimum atomic E-state index is -0.693. The van der Waals surface area contributed by atoms with Crippen LogP contribution in [-0.2, 0) is 12.3 Å². The Morgan fingerprint density at radius 1 is 1.28 bits per heavy atom. The fraction of sp³-hybridized carbons (Fsp3) is 0.167. The largest absolute Gasteiger partial charge is 0.394 e. The van der Waals surface area contributed by atoms with E-state index in [2.05, 4.69) is 17.9 Å². The standard InChI is InChI=1S/C12H11FN2O2S/c13-8-2-1-6(5-18)3-7(8)4-15-10-9(14)11(16)12(10)17/h1-3,15,18H,4-5,14H2. The Kier molecular flexibility index (Phi) is 3.38. The quantitative estimate of drug-likeness (QED) is 0.571. The summed E-state index contributed by atoms with van der Waals surface area (Å²) in [6.45, 7) is 0.0997. The molecule has 3 N–H and O–H groups in total. The van der Waals surface area contributed by atoms with E-state index in [0.717, 1.165) is 5.56 Å². The summed E-state index contributed by atoms with van der Waals surface area (Å²) in [5.41, 5.74) is 5.25. The zero-order valence-corrected chi connectivity index (χ0v) is 10.3. The van der Waals surface area contributed by atoms with Gasteiger partial charge in [0, 0.05) is 17.9 Å². The number of nitrogens with two attached hydrogens (primary N) is 1. The Bertz CT molecular complexity index is 662. The van der Waals surface area contributed by atoms with Gasteiger partial charge in [-0.15, -0.1) is 0 Å². The molecule has 0 spiro atoms. The zero-order chi connectivity index (χ0) is 13.3. The lowest BCUT2D eigenvalue weighted by Crippen LogP contribution is -2.36. The summed E-state index contributed by atoms with van der Waals surface area (Å²) >= 11 is 4.10. The third kappa shape index (κ3) is 2.11. The summed E-state index contributed by atoms with van der Waals surface area (Å²) in [6, 6.07) is 4.63. The van der Waals surface area contributed by atoms with E-state index < -0.39 is 10.9 Å². The number of nitrogen functional groups attached to an aromatic ring is 1. The summed E-state index contributed by atoms with van der Waals surface area (Å²) < 4.78 is 13.5. The highest BCUT2D eigenvalue weighted by molar-refractivity contribution is 7.79. The minimum absolute atomic E-state index is 0.0654. The van der Waals surface area contributed by atoms with Gasteiger partial charge < -0.3 is 11.1 Å². The maximum absolute atomic E-state index is 13.5. The summed E-state index contributed by atoms with van der Waals surface area (Å²) in [5.74, 6) is 0.112. The number of anilines is 2. The molecule has 0 radical (unpaired) electrons. The van der Waals surface area contributed by atoms with Crippen molar-refractivity contribution in [3.8, 4) is 0 Å². The fourth-order valence-corrected chi connectivity index (χ4v) is 1.83. The predicted molar refractivity (Wildman–Crippen MR) is 72.2 cm³/mol. The van der Waals surface area contributed by atoms with Crippen LogP contribution in [0.4, 0.5) is 15.8 Å². The second-order valence-corrected chi connectivity index (χ2v) is 4.20. The van der Waals surface area contributed by atoms with Gasteiger partial charge in [-0.05, 0) is 11.6 Å². The number of hydrogen-bond acceptors (Lipinski definition) is 5. The molecule has 0 aliphatic heterocycles. The van der Waals surface area contributed by atoms with E-state index in [0.29, 0.717) is 11.3 Å². The normalized spacial score (nSPS) is 10.8. The molecule has 0 aromatic heterocycles. The number of hydrogen-bond donors (Lipinski definition) is 3. The lowest BCUT2D eigenvalue weighted by Gasteiger charge is -2.11. The van der Waals surface area contributed by atoms with E-state index >= 15 is 0 Å². The van der Waals surface area contributed by atoms with Gasteiger partial charge in [-0.3, -0.25) is 9.59 Å². The summed E-state index contributed by atoms with van der Waals surface area (Å²) in [7, 11) is 0. The van der Waals surface area contributed by atoms with Crippen LogP contribution in [0, 0.1) is 5.82 Å². The highest BCUT2D eigenvalue weighted by Crippen LogP contribution is 2.15. The Labute approximate surface area is 108 Å². The van der Waals surface area contributed by atoms with Gasteiger partial charge in [0.2, 0.25) is 0 Å². The molecule has 0 unspecified atom stereocenters. The second-order valence-electron chi connectivity index (χ2n) is 3.88. The summed E-state index contributed by atoms with van der Waals surface area (Å²) in [4.78, 5) is 22.0. The number of nitrogens with one attached hydrogen (secondary N) is 1. The third-order valence-electron chi connectivity index (χ3n) is 2.70. The lowest BCUT2D eigenvalue weighted by atomic mass is 10.1. The van der Waals surface area contributed by atoms with Crippen molar-refractivity contribution in [2.45, 2.75) is 12.3 Å². The van der Waals surface area contributed by atoms with Crippen molar-refractivity contribution < 1.29 is 4.39 Å². The van der Waals surface area contributed by atoms with Crippen molar-refractivity contribution in [1.29, 1.82) is 0 Å². The second kappa shape index (κ2) is 4.81. The molecule has 0 saturated carbocycles. The van der Waals surface area contributed by atoms with Crippen LogP contribution >= 0.6 is 12.6 Å². The maximum Gasteiger partial charge on any atom is 0.253 e. The van der Waals surface area contributed by atoms with E-state index in [1.54, 1.807) is 12.1 Å². The van der Waals surface area contributed by atoms with Crippen LogP contribution in [0.2, 0.25) is 0 Å². The third-order valence-corrected chi connectivity index (χ3v) is 3.06. The van der Waals surface area contributed by atoms with Gasteiger partial charge >= 0.3 is 0 Å². The van der Waals surface area contributed by atoms with Crippen LogP contribution in [0.25, 0.3) is 0 Å². The van der Waals surface area contributed by atoms with Crippen LogP contribution in [-0.4, -0.2) is 0 Å². The smallest absolute Gasteiger partial charge is 0.253 e. The molecule has 0 heterocycles. The van der Waals surface area contributed by atoms with Crippen molar-refractivity contribution in [3.63, 3.8) is 0 Å². The van der Waals surface area contributed by atoms with Gasteiger partial charge in [-0.25, -0.2) is 4.39 Å². The molecule has 0 saturated heterocycles. The molecule has 2 aromatic rings. The molecular weight excluding hydrogens is 255 g/mol. The Morgan fingerprint density at radius 2 is 2.00 bits per heavy atom. The monoisotopic (exact) mass is 266 g/mol. The first-order valence-electron chi connectivity index (χ1n) is 5.25. The van der Waals surface area contributed by atoms with E-state index in [4.69, 9.17) is 5.73 Å². The first-order chi connectivity index (χ1) is 8.54. The molecule has 18 heavy (non-hydrogen) atoms. The van der Waals surface area contributed by atoms with E-state index in [9.17, 15) is 14.0 Å². The molecule has 94 valence electrons. The van der Waals surface area contributed by atoms with E-state index in [1.807, 2.05) is 0 Å². The van der Waals surface area contributed by atoms with Gasteiger partial charge in [0.1, 0.15) is 17.2 Å². The number of halogens is 1. The molecular formula is C12H11FN2O2S. The highest BCUT2D eigenvalue weighted by Gasteiger charge is 2.17. The van der Waals surface area contributed by atoms with Crippen LogP contribution < -0.4 is 21.9 Å². The molecule has 0 amide bonds. The molecule has 0 atom stereocenters. The number of thiol groups is 1. The first-order valence-corrected chi connectivity index (χ1v) is 5.88. The van der Waals surface area contributed by atoms with Gasteiger partial charge in [-0.1, -0.05) is 12.1 Å². The molecule has 6 heteroatoms. The Hall–Kier alpha value is -1.82. The molecule has 2 rings (SSSR count). The molecule has 0 fully saturated rings. The van der Waals surface area contributed by atoms with Gasteiger partial charge in [0.15, 0.2) is 0 Å². The van der Waals surface area contributed by atoms with Gasteiger partial charge in [0.25, 0.3) is 10.9 Å². The number of rotatable bonds is 4. The SMILES string of the molecule is Nc1c(NCc2cc(CS)ccc2F)c(=O)c1=O. The van der Waals surface area contributed by atoms with Gasteiger partial charge in [-0.2, -0.15) is 12.6 Å². The molecule has 0 aliphatic rings. The molecule has 4 nitrogen and oxygen atoms in total. The molecule has 0 aliphatic carbocycles. The van der Waals surface area contributed by atoms with Crippen LogP contribution in [0.3, 0.4) is 0 Å². The highest BCUT2D eigenvalue weighted by atomic mass is 32.1. The number of benzene rings is 1. The van der Waals surface area contributed by atoms with E-state index in [1.165, 1.54) is 6.07 Å². The lowest BCUT2D eigenvalue weighted by molar-refractivity contribution is 0.612. The topological polar surface area (TPSA) is 72.2 Å². The average Bonchev–Trinajstić information content (AvgIpc) is 2.40. The fourth-order valence-electron chi connectivity index (χ4n) is 1.63. The van der Waals surface area contributed by atoms with Crippen LogP contribution in [0.5, 0.6) is 0 Å². The zero-order valence-electron chi connectivity index (χ0n) is 9.37. The molecule has 2 aromatic carbocycles. The summed E-state index contributed by atoms with van der Waals surface area (Å²) in [6.07, 6.45) is 0. The van der Waals surface area contributed by atoms with Gasteiger partial charge in [0.05, 0.1) is 0 Å². The van der Waals surface area contributed by atoms with Crippen molar-refractivity contribution in [2.75, 3.05) is 11.1 Å². The predicted octanol–water partition coefficient (Wildman–Crippen LogP) is 1.05. The van der Waals surface area contributed by atoms with Crippen molar-refractivity contribution in [3.05, 3.63) is 55.6 Å². The Balaban J connectivity index is 2.16. The summed E-state index contributed by atoms with van der Waals surface area (Å²) in [5, 5.41) is 2.68. The average molecular weight is 266 g/mol. The first kappa shape index (κ1) is 12.6. The van der Waals surface area contributed by atoms with Crippen LogP contribution in [0.1, 0.15) is 11.1 Å². The van der Waals surface area contributed by atoms with Crippen LogP contribution in [0.15, 0.2) is 27.8 Å². The van der Waals surface area contributed by atoms with E-state index in [-0.39, 0.29) is 23.7 Å². The Morgan fingerprint density at radius 3 is 2.61 bits per heavy atom. The maximum atomic E-state index is 13.5. The van der Waals surface area contributed by atoms with Crippen molar-refractivity contribution in [1.82, 2.24) is 0 Å². The van der Waals surface area contributed by atoms with Crippen molar-refractivity contribution in [2.24, 2.45) is 0 Å².